The third-order valence-corrected chi connectivity index (χ3v) is 3.40. The predicted octanol–water partition coefficient (Wildman–Crippen LogP) is 3.59. The number of rotatable bonds is 3. The van der Waals surface area contributed by atoms with Gasteiger partial charge in [0.25, 0.3) is 0 Å². The molecule has 0 radical (unpaired) electrons. The van der Waals surface area contributed by atoms with E-state index in [4.69, 9.17) is 0 Å². The Bertz CT molecular complexity index is 215. The number of allylic oxidation sites excluding steroid dienone is 2. The van der Waals surface area contributed by atoms with Crippen molar-refractivity contribution in [1.82, 2.24) is 0 Å². The second kappa shape index (κ2) is 5.33. The molecule has 2 atom stereocenters. The van der Waals surface area contributed by atoms with Crippen molar-refractivity contribution >= 4 is 5.78 Å². The Morgan fingerprint density at radius 3 is 2.79 bits per heavy atom. The highest BCUT2D eigenvalue weighted by Gasteiger charge is 2.28. The average molecular weight is 194 g/mol. The molecule has 80 valence electrons. The van der Waals surface area contributed by atoms with E-state index in [1.807, 2.05) is 13.0 Å². The van der Waals surface area contributed by atoms with E-state index in [2.05, 4.69) is 19.9 Å². The van der Waals surface area contributed by atoms with Crippen LogP contribution < -0.4 is 0 Å². The van der Waals surface area contributed by atoms with Gasteiger partial charge in [-0.25, -0.2) is 0 Å². The lowest BCUT2D eigenvalue weighted by Crippen LogP contribution is -2.27. The van der Waals surface area contributed by atoms with Gasteiger partial charge in [0.15, 0.2) is 0 Å². The van der Waals surface area contributed by atoms with Gasteiger partial charge in [-0.3, -0.25) is 4.79 Å². The first kappa shape index (κ1) is 11.5. The van der Waals surface area contributed by atoms with Gasteiger partial charge in [-0.1, -0.05) is 26.0 Å². The van der Waals surface area contributed by atoms with Gasteiger partial charge in [0.2, 0.25) is 0 Å². The number of hydrogen-bond acceptors (Lipinski definition) is 1. The predicted molar refractivity (Wildman–Crippen MR) is 60.1 cm³/mol. The first-order valence-electron chi connectivity index (χ1n) is 5.79. The first-order valence-corrected chi connectivity index (χ1v) is 5.79. The number of carbonyl (C=O) groups is 1. The highest BCUT2D eigenvalue weighted by Crippen LogP contribution is 2.33. The lowest BCUT2D eigenvalue weighted by atomic mass is 9.74. The van der Waals surface area contributed by atoms with Crippen LogP contribution in [0.15, 0.2) is 12.2 Å². The highest BCUT2D eigenvalue weighted by atomic mass is 16.1. The molecular formula is C13H22O. The van der Waals surface area contributed by atoms with Crippen LogP contribution in [0.25, 0.3) is 0 Å². The molecule has 1 rings (SSSR count). The number of Topliss-reactive ketones (excluding diaryl/α,β-unsaturated/α-hetero) is 1. The molecule has 0 spiro atoms. The lowest BCUT2D eigenvalue weighted by molar-refractivity contribution is -0.125. The fourth-order valence-electron chi connectivity index (χ4n) is 2.28. The second-order valence-electron chi connectivity index (χ2n) is 4.75. The molecule has 1 aliphatic rings. The largest absolute Gasteiger partial charge is 0.299 e. The van der Waals surface area contributed by atoms with Crippen molar-refractivity contribution < 1.29 is 4.79 Å². The molecule has 14 heavy (non-hydrogen) atoms. The summed E-state index contributed by atoms with van der Waals surface area (Å²) in [6, 6.07) is 0. The quantitative estimate of drug-likeness (QED) is 0.627. The van der Waals surface area contributed by atoms with Crippen LogP contribution in [0.1, 0.15) is 46.5 Å². The second-order valence-corrected chi connectivity index (χ2v) is 4.75. The Labute approximate surface area is 87.6 Å². The van der Waals surface area contributed by atoms with Crippen molar-refractivity contribution in [3.63, 3.8) is 0 Å². The minimum absolute atomic E-state index is 0.312. The average Bonchev–Trinajstić information content (AvgIpc) is 2.16. The molecule has 2 unspecified atom stereocenters. The summed E-state index contributed by atoms with van der Waals surface area (Å²) < 4.78 is 0. The standard InChI is InChI=1S/C13H22O/c1-4-5-6-12-9-11(10(2)3)7-8-13(12)14/h4-5,10-12H,6-9H2,1-3H3. The Morgan fingerprint density at radius 2 is 2.21 bits per heavy atom. The van der Waals surface area contributed by atoms with Gasteiger partial charge in [-0.05, 0) is 38.0 Å². The molecule has 1 fully saturated rings. The molecule has 0 amide bonds. The zero-order valence-electron chi connectivity index (χ0n) is 9.62. The van der Waals surface area contributed by atoms with Crippen LogP contribution in [-0.2, 0) is 4.79 Å². The molecular weight excluding hydrogens is 172 g/mol. The summed E-state index contributed by atoms with van der Waals surface area (Å²) in [7, 11) is 0. The molecule has 1 heteroatoms. The smallest absolute Gasteiger partial charge is 0.136 e. The van der Waals surface area contributed by atoms with Crippen molar-refractivity contribution in [2.24, 2.45) is 17.8 Å². The summed E-state index contributed by atoms with van der Waals surface area (Å²) in [5.41, 5.74) is 0. The molecule has 0 aliphatic heterocycles. The Morgan fingerprint density at radius 1 is 1.50 bits per heavy atom. The highest BCUT2D eigenvalue weighted by molar-refractivity contribution is 5.81. The van der Waals surface area contributed by atoms with E-state index in [9.17, 15) is 4.79 Å². The van der Waals surface area contributed by atoms with E-state index in [-0.39, 0.29) is 0 Å². The fourth-order valence-corrected chi connectivity index (χ4v) is 2.28. The number of ketones is 1. The van der Waals surface area contributed by atoms with Crippen molar-refractivity contribution in [2.75, 3.05) is 0 Å². The van der Waals surface area contributed by atoms with E-state index >= 15 is 0 Å². The molecule has 0 N–H and O–H groups in total. The summed E-state index contributed by atoms with van der Waals surface area (Å²) in [5.74, 6) is 2.30. The van der Waals surface area contributed by atoms with Crippen LogP contribution >= 0.6 is 0 Å². The fraction of sp³-hybridized carbons (Fsp3) is 0.769. The van der Waals surface area contributed by atoms with E-state index in [0.717, 1.165) is 37.5 Å². The SMILES string of the molecule is CC=CCC1CC(C(C)C)CCC1=O. The number of carbonyl (C=O) groups excluding carboxylic acids is 1. The van der Waals surface area contributed by atoms with Gasteiger partial charge in [0.05, 0.1) is 0 Å². The number of hydrogen-bond donors (Lipinski definition) is 0. The molecule has 1 nitrogen and oxygen atoms in total. The zero-order chi connectivity index (χ0) is 10.6. The Kier molecular flexibility index (Phi) is 4.37. The maximum atomic E-state index is 11.6. The minimum Gasteiger partial charge on any atom is -0.299 e. The van der Waals surface area contributed by atoms with Gasteiger partial charge in [-0.15, -0.1) is 0 Å². The van der Waals surface area contributed by atoms with Crippen molar-refractivity contribution in [3.05, 3.63) is 12.2 Å². The molecule has 0 heterocycles. The summed E-state index contributed by atoms with van der Waals surface area (Å²) >= 11 is 0. The van der Waals surface area contributed by atoms with Crippen LogP contribution in [0, 0.1) is 17.8 Å². The summed E-state index contributed by atoms with van der Waals surface area (Å²) in [4.78, 5) is 11.6. The first-order chi connectivity index (χ1) is 6.65. The maximum Gasteiger partial charge on any atom is 0.136 e. The summed E-state index contributed by atoms with van der Waals surface area (Å²) in [6.45, 7) is 6.56. The van der Waals surface area contributed by atoms with Crippen LogP contribution in [0.5, 0.6) is 0 Å². The molecule has 1 aliphatic carbocycles. The molecule has 0 aromatic rings. The van der Waals surface area contributed by atoms with Gasteiger partial charge in [-0.2, -0.15) is 0 Å². The van der Waals surface area contributed by atoms with Crippen molar-refractivity contribution in [3.8, 4) is 0 Å². The van der Waals surface area contributed by atoms with Gasteiger partial charge >= 0.3 is 0 Å². The maximum absolute atomic E-state index is 11.6. The molecule has 0 aromatic carbocycles. The molecule has 0 aromatic heterocycles. The van der Waals surface area contributed by atoms with Crippen LogP contribution in [0.4, 0.5) is 0 Å². The van der Waals surface area contributed by atoms with Gasteiger partial charge < -0.3 is 0 Å². The topological polar surface area (TPSA) is 17.1 Å². The summed E-state index contributed by atoms with van der Waals surface area (Å²) in [6.07, 6.45) is 8.17. The van der Waals surface area contributed by atoms with Crippen LogP contribution in [0.3, 0.4) is 0 Å². The van der Waals surface area contributed by atoms with Crippen LogP contribution in [0.2, 0.25) is 0 Å². The molecule has 1 saturated carbocycles. The van der Waals surface area contributed by atoms with E-state index < -0.39 is 0 Å². The van der Waals surface area contributed by atoms with E-state index in [0.29, 0.717) is 11.7 Å². The third kappa shape index (κ3) is 2.97. The summed E-state index contributed by atoms with van der Waals surface area (Å²) in [5, 5.41) is 0. The molecule has 0 saturated heterocycles. The monoisotopic (exact) mass is 194 g/mol. The minimum atomic E-state index is 0.312. The third-order valence-electron chi connectivity index (χ3n) is 3.40. The van der Waals surface area contributed by atoms with Gasteiger partial charge in [0, 0.05) is 12.3 Å². The van der Waals surface area contributed by atoms with Crippen molar-refractivity contribution in [1.29, 1.82) is 0 Å². The lowest BCUT2D eigenvalue weighted by Gasteiger charge is -2.30. The zero-order valence-corrected chi connectivity index (χ0v) is 9.62. The molecule has 0 bridgehead atoms. The Hall–Kier alpha value is -0.590. The Balaban J connectivity index is 2.50. The van der Waals surface area contributed by atoms with E-state index in [1.54, 1.807) is 0 Å². The normalized spacial score (nSPS) is 29.0. The van der Waals surface area contributed by atoms with Gasteiger partial charge in [0.1, 0.15) is 5.78 Å². The van der Waals surface area contributed by atoms with E-state index in [1.165, 1.54) is 0 Å². The van der Waals surface area contributed by atoms with Crippen LogP contribution in [-0.4, -0.2) is 5.78 Å². The van der Waals surface area contributed by atoms with Crippen molar-refractivity contribution in [2.45, 2.75) is 46.5 Å².